The average Bonchev–Trinajstić information content (AvgIpc) is 2.31. The van der Waals surface area contributed by atoms with Gasteiger partial charge < -0.3 is 15.5 Å². The maximum Gasteiger partial charge on any atom is 0.240 e. The van der Waals surface area contributed by atoms with E-state index in [1.165, 1.54) is 0 Å². The Morgan fingerprint density at radius 3 is 2.72 bits per heavy atom. The maximum atomic E-state index is 12.0. The van der Waals surface area contributed by atoms with Crippen molar-refractivity contribution in [3.8, 4) is 0 Å². The molecule has 0 aromatic carbocycles. The molecule has 2 unspecified atom stereocenters. The number of rotatable bonds is 5. The molecule has 1 heterocycles. The van der Waals surface area contributed by atoms with Crippen LogP contribution in [0.1, 0.15) is 34.1 Å². The van der Waals surface area contributed by atoms with E-state index in [0.29, 0.717) is 12.5 Å². The Hall–Kier alpha value is -1.10. The molecule has 1 fully saturated rings. The number of carbonyl (C=O) groups is 2. The van der Waals surface area contributed by atoms with Gasteiger partial charge in [0.25, 0.3) is 0 Å². The van der Waals surface area contributed by atoms with Crippen LogP contribution >= 0.6 is 0 Å². The van der Waals surface area contributed by atoms with Gasteiger partial charge in [0.05, 0.1) is 12.6 Å². The summed E-state index contributed by atoms with van der Waals surface area (Å²) < 4.78 is 0. The monoisotopic (exact) mass is 255 g/mol. The summed E-state index contributed by atoms with van der Waals surface area (Å²) in [5, 5.41) is 6.08. The normalized spacial score (nSPS) is 22.2. The van der Waals surface area contributed by atoms with E-state index in [9.17, 15) is 9.59 Å². The van der Waals surface area contributed by atoms with Crippen LogP contribution in [0.15, 0.2) is 0 Å². The van der Waals surface area contributed by atoms with Gasteiger partial charge in [-0.15, -0.1) is 0 Å². The van der Waals surface area contributed by atoms with Crippen LogP contribution in [-0.2, 0) is 9.59 Å². The zero-order valence-corrected chi connectivity index (χ0v) is 11.8. The molecule has 18 heavy (non-hydrogen) atoms. The van der Waals surface area contributed by atoms with Crippen LogP contribution in [0.4, 0.5) is 0 Å². The largest absolute Gasteiger partial charge is 0.352 e. The summed E-state index contributed by atoms with van der Waals surface area (Å²) in [7, 11) is 0. The van der Waals surface area contributed by atoms with Crippen molar-refractivity contribution < 1.29 is 9.59 Å². The number of carbonyl (C=O) groups excluding carboxylic acids is 2. The third kappa shape index (κ3) is 3.98. The van der Waals surface area contributed by atoms with Crippen LogP contribution in [0, 0.1) is 5.92 Å². The van der Waals surface area contributed by atoms with Crippen molar-refractivity contribution in [1.82, 2.24) is 15.5 Å². The molecule has 0 aromatic heterocycles. The van der Waals surface area contributed by atoms with E-state index < -0.39 is 0 Å². The Morgan fingerprint density at radius 1 is 1.50 bits per heavy atom. The number of nitrogens with zero attached hydrogens (tertiary/aromatic N) is 1. The van der Waals surface area contributed by atoms with E-state index in [1.54, 1.807) is 4.90 Å². The van der Waals surface area contributed by atoms with E-state index in [2.05, 4.69) is 24.5 Å². The van der Waals surface area contributed by atoms with Gasteiger partial charge in [-0.3, -0.25) is 9.59 Å². The van der Waals surface area contributed by atoms with Crippen molar-refractivity contribution in [3.05, 3.63) is 0 Å². The molecule has 0 bridgehead atoms. The average molecular weight is 255 g/mol. The van der Waals surface area contributed by atoms with Crippen molar-refractivity contribution in [3.63, 3.8) is 0 Å². The summed E-state index contributed by atoms with van der Waals surface area (Å²) in [4.78, 5) is 25.5. The van der Waals surface area contributed by atoms with Crippen molar-refractivity contribution in [2.75, 3.05) is 19.6 Å². The molecule has 2 amide bonds. The minimum Gasteiger partial charge on any atom is -0.352 e. The van der Waals surface area contributed by atoms with Crippen LogP contribution in [0.25, 0.3) is 0 Å². The van der Waals surface area contributed by atoms with Gasteiger partial charge in [0, 0.05) is 19.1 Å². The quantitative estimate of drug-likeness (QED) is 0.745. The first-order valence-corrected chi connectivity index (χ1v) is 6.77. The topological polar surface area (TPSA) is 61.4 Å². The second-order valence-corrected chi connectivity index (χ2v) is 5.27. The summed E-state index contributed by atoms with van der Waals surface area (Å²) in [5.74, 6) is 0.369. The molecule has 5 heteroatoms. The van der Waals surface area contributed by atoms with E-state index in [-0.39, 0.29) is 30.4 Å². The Balaban J connectivity index is 2.46. The molecular formula is C13H25N3O2. The van der Waals surface area contributed by atoms with Crippen LogP contribution in [0.3, 0.4) is 0 Å². The molecule has 1 aliphatic heterocycles. The second kappa shape index (κ2) is 6.73. The van der Waals surface area contributed by atoms with E-state index in [1.807, 2.05) is 13.8 Å². The van der Waals surface area contributed by atoms with Gasteiger partial charge in [-0.05, 0) is 19.3 Å². The van der Waals surface area contributed by atoms with Crippen LogP contribution in [0.2, 0.25) is 0 Å². The molecule has 0 radical (unpaired) electrons. The highest BCUT2D eigenvalue weighted by molar-refractivity contribution is 5.88. The predicted octanol–water partition coefficient (Wildman–Crippen LogP) is 0.358. The van der Waals surface area contributed by atoms with Crippen molar-refractivity contribution in [2.24, 2.45) is 5.92 Å². The van der Waals surface area contributed by atoms with Crippen molar-refractivity contribution in [1.29, 1.82) is 0 Å². The lowest BCUT2D eigenvalue weighted by atomic mass is 10.1. The molecule has 0 aliphatic carbocycles. The van der Waals surface area contributed by atoms with E-state index >= 15 is 0 Å². The third-order valence-electron chi connectivity index (χ3n) is 3.51. The summed E-state index contributed by atoms with van der Waals surface area (Å²) >= 11 is 0. The van der Waals surface area contributed by atoms with Gasteiger partial charge in [-0.25, -0.2) is 0 Å². The number of hydrogen-bond acceptors (Lipinski definition) is 3. The molecular weight excluding hydrogens is 230 g/mol. The highest BCUT2D eigenvalue weighted by Gasteiger charge is 2.28. The molecule has 2 N–H and O–H groups in total. The molecule has 0 aromatic rings. The van der Waals surface area contributed by atoms with Gasteiger partial charge in [0.15, 0.2) is 0 Å². The zero-order chi connectivity index (χ0) is 13.7. The van der Waals surface area contributed by atoms with Gasteiger partial charge in [-0.1, -0.05) is 20.8 Å². The standard InChI is InChI=1S/C13H25N3O2/c1-5-11-13(18)16(7-6-14-11)8-12(17)15-10(4)9(2)3/h9-11,14H,5-8H2,1-4H3,(H,15,17). The minimum atomic E-state index is -0.130. The molecule has 1 saturated heterocycles. The lowest BCUT2D eigenvalue weighted by Gasteiger charge is -2.32. The maximum absolute atomic E-state index is 12.0. The van der Waals surface area contributed by atoms with E-state index in [0.717, 1.165) is 13.0 Å². The molecule has 5 nitrogen and oxygen atoms in total. The number of nitrogens with one attached hydrogen (secondary N) is 2. The predicted molar refractivity (Wildman–Crippen MR) is 71.1 cm³/mol. The van der Waals surface area contributed by atoms with Gasteiger partial charge in [-0.2, -0.15) is 0 Å². The Morgan fingerprint density at radius 2 is 2.17 bits per heavy atom. The van der Waals surface area contributed by atoms with Gasteiger partial charge >= 0.3 is 0 Å². The molecule has 1 rings (SSSR count). The highest BCUT2D eigenvalue weighted by atomic mass is 16.2. The number of hydrogen-bond donors (Lipinski definition) is 2. The number of amides is 2. The first-order valence-electron chi connectivity index (χ1n) is 6.77. The van der Waals surface area contributed by atoms with Crippen LogP contribution < -0.4 is 10.6 Å². The fraction of sp³-hybridized carbons (Fsp3) is 0.846. The Bertz CT molecular complexity index is 305. The molecule has 0 saturated carbocycles. The molecule has 0 spiro atoms. The fourth-order valence-corrected chi connectivity index (χ4v) is 1.91. The SMILES string of the molecule is CCC1NCCN(CC(=O)NC(C)C(C)C)C1=O. The third-order valence-corrected chi connectivity index (χ3v) is 3.51. The molecule has 2 atom stereocenters. The van der Waals surface area contributed by atoms with Crippen molar-refractivity contribution in [2.45, 2.75) is 46.2 Å². The first-order chi connectivity index (χ1) is 8.45. The Kier molecular flexibility index (Phi) is 5.59. The van der Waals surface area contributed by atoms with E-state index in [4.69, 9.17) is 0 Å². The van der Waals surface area contributed by atoms with Gasteiger partial charge in [0.2, 0.25) is 11.8 Å². The summed E-state index contributed by atoms with van der Waals surface area (Å²) in [6, 6.07) is 0.00608. The lowest BCUT2D eigenvalue weighted by Crippen LogP contribution is -2.57. The Labute approximate surface area is 109 Å². The van der Waals surface area contributed by atoms with Gasteiger partial charge in [0.1, 0.15) is 0 Å². The summed E-state index contributed by atoms with van der Waals surface area (Å²) in [6.07, 6.45) is 0.763. The molecule has 1 aliphatic rings. The zero-order valence-electron chi connectivity index (χ0n) is 11.8. The second-order valence-electron chi connectivity index (χ2n) is 5.27. The smallest absolute Gasteiger partial charge is 0.240 e. The highest BCUT2D eigenvalue weighted by Crippen LogP contribution is 2.05. The molecule has 104 valence electrons. The lowest BCUT2D eigenvalue weighted by molar-refractivity contribution is -0.140. The minimum absolute atomic E-state index is 0.0381. The van der Waals surface area contributed by atoms with Crippen LogP contribution in [0.5, 0.6) is 0 Å². The van der Waals surface area contributed by atoms with Crippen LogP contribution in [-0.4, -0.2) is 48.4 Å². The first kappa shape index (κ1) is 15.0. The summed E-state index contributed by atoms with van der Waals surface area (Å²) in [5.41, 5.74) is 0. The van der Waals surface area contributed by atoms with Crippen molar-refractivity contribution >= 4 is 11.8 Å². The number of piperazine rings is 1. The fourth-order valence-electron chi connectivity index (χ4n) is 1.91. The summed E-state index contributed by atoms with van der Waals surface area (Å²) in [6.45, 7) is 9.63.